The molecule has 1 aliphatic heterocycles. The van der Waals surface area contributed by atoms with Gasteiger partial charge in [0.1, 0.15) is 5.75 Å². The number of likely N-dealkylation sites (tertiary alicyclic amines) is 1. The number of aromatic amines is 1. The first kappa shape index (κ1) is 16.9. The molecule has 0 spiro atoms. The highest BCUT2D eigenvalue weighted by atomic mass is 16.5. The van der Waals surface area contributed by atoms with Gasteiger partial charge in [-0.1, -0.05) is 30.3 Å². The lowest BCUT2D eigenvalue weighted by Crippen LogP contribution is -2.29. The molecule has 4 nitrogen and oxygen atoms in total. The van der Waals surface area contributed by atoms with E-state index >= 15 is 0 Å². The number of H-pyrrole nitrogens is 1. The van der Waals surface area contributed by atoms with Gasteiger partial charge in [-0.2, -0.15) is 0 Å². The number of fused-ring (bicyclic) bond motifs is 1. The summed E-state index contributed by atoms with van der Waals surface area (Å²) in [7, 11) is 0. The van der Waals surface area contributed by atoms with Gasteiger partial charge in [0.2, 0.25) is 0 Å². The average molecular weight is 348 g/mol. The van der Waals surface area contributed by atoms with Crippen molar-refractivity contribution in [1.82, 2.24) is 9.88 Å². The predicted octanol–water partition coefficient (Wildman–Crippen LogP) is 4.59. The number of carbonyl (C=O) groups is 1. The van der Waals surface area contributed by atoms with Crippen LogP contribution >= 0.6 is 0 Å². The molecular weight excluding hydrogens is 324 g/mol. The minimum atomic E-state index is 0.181. The Balaban J connectivity index is 1.50. The Kier molecular flexibility index (Phi) is 4.76. The number of Topliss-reactive ketones (excluding diaryl/α,β-unsaturated/α-hetero) is 1. The molecule has 1 atom stereocenters. The number of nitrogens with zero attached hydrogens (tertiary/aromatic N) is 1. The maximum Gasteiger partial charge on any atom is 0.178 e. The van der Waals surface area contributed by atoms with E-state index in [2.05, 4.69) is 22.0 Å². The van der Waals surface area contributed by atoms with E-state index < -0.39 is 0 Å². The number of aromatic nitrogens is 1. The molecule has 1 aliphatic rings. The predicted molar refractivity (Wildman–Crippen MR) is 104 cm³/mol. The Hall–Kier alpha value is -2.59. The largest absolute Gasteiger partial charge is 0.494 e. The number of ketones is 1. The van der Waals surface area contributed by atoms with Crippen LogP contribution in [-0.2, 0) is 0 Å². The van der Waals surface area contributed by atoms with Crippen molar-refractivity contribution in [1.29, 1.82) is 0 Å². The lowest BCUT2D eigenvalue weighted by atomic mass is 10.0. The molecule has 3 aromatic rings. The highest BCUT2D eigenvalue weighted by Gasteiger charge is 2.28. The van der Waals surface area contributed by atoms with Gasteiger partial charge < -0.3 is 9.72 Å². The Bertz CT molecular complexity index is 898. The van der Waals surface area contributed by atoms with Crippen LogP contribution in [0.1, 0.15) is 41.7 Å². The van der Waals surface area contributed by atoms with Crippen molar-refractivity contribution in [2.45, 2.75) is 25.8 Å². The zero-order valence-electron chi connectivity index (χ0n) is 15.1. The summed E-state index contributed by atoms with van der Waals surface area (Å²) in [6, 6.07) is 16.6. The fourth-order valence-corrected chi connectivity index (χ4v) is 3.92. The van der Waals surface area contributed by atoms with Crippen molar-refractivity contribution in [3.63, 3.8) is 0 Å². The van der Waals surface area contributed by atoms with Gasteiger partial charge >= 0.3 is 0 Å². The van der Waals surface area contributed by atoms with E-state index in [4.69, 9.17) is 4.74 Å². The number of benzene rings is 2. The fraction of sp³-hybridized carbons (Fsp3) is 0.318. The summed E-state index contributed by atoms with van der Waals surface area (Å²) in [5.41, 5.74) is 3.07. The maximum absolute atomic E-state index is 12.9. The van der Waals surface area contributed by atoms with E-state index in [1.165, 1.54) is 5.56 Å². The van der Waals surface area contributed by atoms with Crippen LogP contribution in [0.3, 0.4) is 0 Å². The third kappa shape index (κ3) is 3.25. The summed E-state index contributed by atoms with van der Waals surface area (Å²) < 4.78 is 5.53. The highest BCUT2D eigenvalue weighted by Crippen LogP contribution is 2.33. The minimum absolute atomic E-state index is 0.181. The van der Waals surface area contributed by atoms with Crippen molar-refractivity contribution in [3.05, 3.63) is 65.9 Å². The van der Waals surface area contributed by atoms with Crippen molar-refractivity contribution in [3.8, 4) is 5.75 Å². The summed E-state index contributed by atoms with van der Waals surface area (Å²) in [5, 5.41) is 1.01. The number of hydrogen-bond acceptors (Lipinski definition) is 3. The van der Waals surface area contributed by atoms with Crippen LogP contribution in [0.25, 0.3) is 10.9 Å². The second kappa shape index (κ2) is 7.34. The monoisotopic (exact) mass is 348 g/mol. The van der Waals surface area contributed by atoms with Crippen molar-refractivity contribution < 1.29 is 9.53 Å². The summed E-state index contributed by atoms with van der Waals surface area (Å²) >= 11 is 0. The van der Waals surface area contributed by atoms with Crippen LogP contribution < -0.4 is 4.74 Å². The average Bonchev–Trinajstić information content (AvgIpc) is 3.29. The van der Waals surface area contributed by atoms with Crippen molar-refractivity contribution in [2.75, 3.05) is 19.7 Å². The van der Waals surface area contributed by atoms with Crippen molar-refractivity contribution in [2.24, 2.45) is 0 Å². The Labute approximate surface area is 153 Å². The van der Waals surface area contributed by atoms with E-state index in [0.29, 0.717) is 19.2 Å². The molecule has 2 aromatic carbocycles. The third-order valence-corrected chi connectivity index (χ3v) is 5.18. The molecule has 1 aromatic heterocycles. The number of rotatable bonds is 6. The summed E-state index contributed by atoms with van der Waals surface area (Å²) in [6.45, 7) is 4.09. The Morgan fingerprint density at radius 3 is 2.81 bits per heavy atom. The second-order valence-electron chi connectivity index (χ2n) is 6.80. The van der Waals surface area contributed by atoms with Crippen LogP contribution in [0.2, 0.25) is 0 Å². The number of ether oxygens (including phenoxy) is 1. The van der Waals surface area contributed by atoms with Gasteiger partial charge in [0, 0.05) is 28.7 Å². The zero-order valence-corrected chi connectivity index (χ0v) is 15.1. The molecular formula is C22H24N2O2. The van der Waals surface area contributed by atoms with E-state index in [0.717, 1.165) is 41.6 Å². The summed E-state index contributed by atoms with van der Waals surface area (Å²) in [4.78, 5) is 18.4. The van der Waals surface area contributed by atoms with Gasteiger partial charge in [-0.05, 0) is 50.1 Å². The molecule has 4 heteroatoms. The van der Waals surface area contributed by atoms with Crippen LogP contribution in [0.4, 0.5) is 0 Å². The van der Waals surface area contributed by atoms with Crippen LogP contribution in [0.5, 0.6) is 5.75 Å². The standard InChI is InChI=1S/C22H24N2O2/c1-2-26-17-11-9-16(10-12-17)21-8-5-13-24(21)15-22(25)19-14-23-20-7-4-3-6-18(19)20/h3-4,6-7,9-12,14,21,23H,2,5,8,13,15H2,1H3. The first-order chi connectivity index (χ1) is 12.8. The molecule has 134 valence electrons. The molecule has 1 saturated heterocycles. The molecule has 4 rings (SSSR count). The topological polar surface area (TPSA) is 45.3 Å². The molecule has 26 heavy (non-hydrogen) atoms. The zero-order chi connectivity index (χ0) is 17.9. The quantitative estimate of drug-likeness (QED) is 0.663. The fourth-order valence-electron chi connectivity index (χ4n) is 3.92. The smallest absolute Gasteiger partial charge is 0.178 e. The number of nitrogens with one attached hydrogen (secondary N) is 1. The lowest BCUT2D eigenvalue weighted by molar-refractivity contribution is 0.0923. The summed E-state index contributed by atoms with van der Waals surface area (Å²) in [6.07, 6.45) is 4.06. The van der Waals surface area contributed by atoms with E-state index in [1.807, 2.05) is 49.5 Å². The van der Waals surface area contributed by atoms with Gasteiger partial charge in [0.15, 0.2) is 5.78 Å². The third-order valence-electron chi connectivity index (χ3n) is 5.18. The van der Waals surface area contributed by atoms with E-state index in [-0.39, 0.29) is 5.78 Å². The minimum Gasteiger partial charge on any atom is -0.494 e. The SMILES string of the molecule is CCOc1ccc(C2CCCN2CC(=O)c2c[nH]c3ccccc23)cc1. The highest BCUT2D eigenvalue weighted by molar-refractivity contribution is 6.08. The molecule has 2 heterocycles. The van der Waals surface area contributed by atoms with Gasteiger partial charge in [0.05, 0.1) is 13.2 Å². The maximum atomic E-state index is 12.9. The first-order valence-corrected chi connectivity index (χ1v) is 9.32. The van der Waals surface area contributed by atoms with Crippen LogP contribution in [0.15, 0.2) is 54.7 Å². The molecule has 1 N–H and O–H groups in total. The molecule has 0 radical (unpaired) electrons. The van der Waals surface area contributed by atoms with Crippen LogP contribution in [0, 0.1) is 0 Å². The van der Waals surface area contributed by atoms with Gasteiger partial charge in [-0.25, -0.2) is 0 Å². The van der Waals surface area contributed by atoms with Gasteiger partial charge in [0.25, 0.3) is 0 Å². The van der Waals surface area contributed by atoms with E-state index in [1.54, 1.807) is 0 Å². The number of para-hydroxylation sites is 1. The molecule has 0 bridgehead atoms. The molecule has 0 aliphatic carbocycles. The van der Waals surface area contributed by atoms with Gasteiger partial charge in [-0.15, -0.1) is 0 Å². The molecule has 1 fully saturated rings. The molecule has 0 saturated carbocycles. The lowest BCUT2D eigenvalue weighted by Gasteiger charge is -2.24. The second-order valence-corrected chi connectivity index (χ2v) is 6.80. The molecule has 0 amide bonds. The number of carbonyl (C=O) groups excluding carboxylic acids is 1. The number of hydrogen-bond donors (Lipinski definition) is 1. The normalized spacial score (nSPS) is 17.7. The van der Waals surface area contributed by atoms with Crippen molar-refractivity contribution >= 4 is 16.7 Å². The van der Waals surface area contributed by atoms with Crippen LogP contribution in [-0.4, -0.2) is 35.4 Å². The van der Waals surface area contributed by atoms with E-state index in [9.17, 15) is 4.79 Å². The molecule has 1 unspecified atom stereocenters. The van der Waals surface area contributed by atoms with Gasteiger partial charge in [-0.3, -0.25) is 9.69 Å². The Morgan fingerprint density at radius 1 is 1.19 bits per heavy atom. The Morgan fingerprint density at radius 2 is 2.00 bits per heavy atom. The summed E-state index contributed by atoms with van der Waals surface area (Å²) in [5.74, 6) is 1.08. The first-order valence-electron chi connectivity index (χ1n) is 9.32.